The quantitative estimate of drug-likeness (QED) is 0.926. The smallest absolute Gasteiger partial charge is 0.303 e. The molecule has 0 amide bonds. The average molecular weight is 287 g/mol. The number of carboxylic acids is 1. The lowest BCUT2D eigenvalue weighted by atomic mass is 10.3. The van der Waals surface area contributed by atoms with Gasteiger partial charge in [-0.15, -0.1) is 0 Å². The first-order chi connectivity index (χ1) is 7.65. The summed E-state index contributed by atoms with van der Waals surface area (Å²) in [6, 6.07) is 3.38. The molecule has 0 aromatic carbocycles. The van der Waals surface area contributed by atoms with Crippen molar-refractivity contribution >= 4 is 21.9 Å². The summed E-state index contributed by atoms with van der Waals surface area (Å²) in [6.45, 7) is 0. The van der Waals surface area contributed by atoms with Gasteiger partial charge in [0, 0.05) is 6.42 Å². The second kappa shape index (κ2) is 4.48. The lowest BCUT2D eigenvalue weighted by Gasteiger charge is -1.87. The van der Waals surface area contributed by atoms with Crippen LogP contribution in [0.2, 0.25) is 0 Å². The Labute approximate surface area is 98.4 Å². The number of hydrogen-bond donors (Lipinski definition) is 1. The standard InChI is InChI=1S/C9H7BrN2O4/c10-6-2-1-5(15-6)9-11-7(12-16-9)3-4-8(13)14/h1-2H,3-4H2,(H,13,14). The summed E-state index contributed by atoms with van der Waals surface area (Å²) in [5.74, 6) is 0.143. The van der Waals surface area contributed by atoms with Crippen molar-refractivity contribution in [2.45, 2.75) is 12.8 Å². The maximum Gasteiger partial charge on any atom is 0.303 e. The topological polar surface area (TPSA) is 89.4 Å². The molecule has 7 heteroatoms. The van der Waals surface area contributed by atoms with E-state index >= 15 is 0 Å². The number of aliphatic carboxylic acids is 1. The zero-order valence-corrected chi connectivity index (χ0v) is 9.60. The minimum absolute atomic E-state index is 0.0270. The van der Waals surface area contributed by atoms with Crippen molar-refractivity contribution in [3.8, 4) is 11.7 Å². The second-order valence-electron chi connectivity index (χ2n) is 3.01. The van der Waals surface area contributed by atoms with Gasteiger partial charge >= 0.3 is 5.97 Å². The van der Waals surface area contributed by atoms with Gasteiger partial charge in [0.15, 0.2) is 16.3 Å². The van der Waals surface area contributed by atoms with Crippen LogP contribution >= 0.6 is 15.9 Å². The highest BCUT2D eigenvalue weighted by atomic mass is 79.9. The number of carboxylic acid groups (broad SMARTS) is 1. The van der Waals surface area contributed by atoms with Crippen LogP contribution < -0.4 is 0 Å². The Kier molecular flexibility index (Phi) is 3.04. The number of nitrogens with zero attached hydrogens (tertiary/aromatic N) is 2. The highest BCUT2D eigenvalue weighted by Crippen LogP contribution is 2.23. The van der Waals surface area contributed by atoms with Gasteiger partial charge < -0.3 is 14.0 Å². The molecule has 2 aromatic heterocycles. The van der Waals surface area contributed by atoms with Crippen molar-refractivity contribution in [2.24, 2.45) is 0 Å². The van der Waals surface area contributed by atoms with E-state index in [1.165, 1.54) is 0 Å². The molecule has 6 nitrogen and oxygen atoms in total. The fourth-order valence-electron chi connectivity index (χ4n) is 1.10. The van der Waals surface area contributed by atoms with Crippen molar-refractivity contribution < 1.29 is 18.8 Å². The highest BCUT2D eigenvalue weighted by Gasteiger charge is 2.12. The van der Waals surface area contributed by atoms with Crippen LogP contribution in [0.25, 0.3) is 11.7 Å². The highest BCUT2D eigenvalue weighted by molar-refractivity contribution is 9.10. The molecule has 0 atom stereocenters. The number of aryl methyl sites for hydroxylation is 1. The van der Waals surface area contributed by atoms with E-state index in [1.54, 1.807) is 12.1 Å². The van der Waals surface area contributed by atoms with Gasteiger partial charge in [0.05, 0.1) is 6.42 Å². The Balaban J connectivity index is 2.10. The fraction of sp³-hybridized carbons (Fsp3) is 0.222. The summed E-state index contributed by atoms with van der Waals surface area (Å²) in [5, 5.41) is 12.1. The maximum atomic E-state index is 10.3. The van der Waals surface area contributed by atoms with E-state index in [2.05, 4.69) is 26.1 Å². The van der Waals surface area contributed by atoms with Crippen LogP contribution in [-0.2, 0) is 11.2 Å². The molecule has 16 heavy (non-hydrogen) atoms. The van der Waals surface area contributed by atoms with Crippen molar-refractivity contribution in [3.63, 3.8) is 0 Å². The number of furan rings is 1. The van der Waals surface area contributed by atoms with E-state index in [0.717, 1.165) is 0 Å². The lowest BCUT2D eigenvalue weighted by molar-refractivity contribution is -0.137. The van der Waals surface area contributed by atoms with Gasteiger partial charge in [-0.3, -0.25) is 4.79 Å². The molecular formula is C9H7BrN2O4. The first-order valence-corrected chi connectivity index (χ1v) is 5.24. The molecule has 0 saturated carbocycles. The fourth-order valence-corrected chi connectivity index (χ4v) is 1.41. The molecule has 0 aliphatic carbocycles. The minimum Gasteiger partial charge on any atom is -0.481 e. The van der Waals surface area contributed by atoms with Gasteiger partial charge in [0.2, 0.25) is 0 Å². The van der Waals surface area contributed by atoms with Crippen molar-refractivity contribution in [2.75, 3.05) is 0 Å². The molecule has 2 rings (SSSR count). The molecular weight excluding hydrogens is 280 g/mol. The van der Waals surface area contributed by atoms with Gasteiger partial charge in [-0.1, -0.05) is 5.16 Å². The molecule has 0 aliphatic heterocycles. The van der Waals surface area contributed by atoms with Crippen LogP contribution in [0.5, 0.6) is 0 Å². The summed E-state index contributed by atoms with van der Waals surface area (Å²) in [7, 11) is 0. The second-order valence-corrected chi connectivity index (χ2v) is 3.79. The summed E-state index contributed by atoms with van der Waals surface area (Å²) in [6.07, 6.45) is 0.210. The molecule has 1 N–H and O–H groups in total. The van der Waals surface area contributed by atoms with E-state index in [1.807, 2.05) is 0 Å². The Hall–Kier alpha value is -1.63. The lowest BCUT2D eigenvalue weighted by Crippen LogP contribution is -1.98. The predicted molar refractivity (Wildman–Crippen MR) is 55.7 cm³/mol. The van der Waals surface area contributed by atoms with Crippen LogP contribution in [0.1, 0.15) is 12.2 Å². The van der Waals surface area contributed by atoms with Crippen LogP contribution in [0, 0.1) is 0 Å². The number of carbonyl (C=O) groups is 1. The van der Waals surface area contributed by atoms with Gasteiger partial charge in [0.1, 0.15) is 0 Å². The molecule has 0 unspecified atom stereocenters. The largest absolute Gasteiger partial charge is 0.481 e. The Bertz CT molecular complexity index is 505. The monoisotopic (exact) mass is 286 g/mol. The van der Waals surface area contributed by atoms with E-state index in [0.29, 0.717) is 16.3 Å². The Morgan fingerprint density at radius 1 is 1.50 bits per heavy atom. The summed E-state index contributed by atoms with van der Waals surface area (Å²) < 4.78 is 10.7. The molecule has 0 radical (unpaired) electrons. The SMILES string of the molecule is O=C(O)CCc1noc(-c2ccc(Br)o2)n1. The molecule has 2 aromatic rings. The van der Waals surface area contributed by atoms with Gasteiger partial charge in [-0.25, -0.2) is 0 Å². The third-order valence-electron chi connectivity index (χ3n) is 1.81. The van der Waals surface area contributed by atoms with Crippen molar-refractivity contribution in [3.05, 3.63) is 22.6 Å². The molecule has 84 valence electrons. The van der Waals surface area contributed by atoms with E-state index in [4.69, 9.17) is 14.0 Å². The van der Waals surface area contributed by atoms with Gasteiger partial charge in [-0.05, 0) is 28.1 Å². The van der Waals surface area contributed by atoms with Gasteiger partial charge in [0.25, 0.3) is 5.89 Å². The van der Waals surface area contributed by atoms with Crippen molar-refractivity contribution in [1.82, 2.24) is 10.1 Å². The van der Waals surface area contributed by atoms with Crippen LogP contribution in [0.4, 0.5) is 0 Å². The zero-order chi connectivity index (χ0) is 11.5. The van der Waals surface area contributed by atoms with E-state index in [-0.39, 0.29) is 18.7 Å². The third-order valence-corrected chi connectivity index (χ3v) is 2.24. The number of rotatable bonds is 4. The van der Waals surface area contributed by atoms with Crippen LogP contribution in [-0.4, -0.2) is 21.2 Å². The number of aromatic nitrogens is 2. The van der Waals surface area contributed by atoms with Gasteiger partial charge in [-0.2, -0.15) is 4.98 Å². The van der Waals surface area contributed by atoms with E-state index in [9.17, 15) is 4.79 Å². The normalized spacial score (nSPS) is 10.6. The summed E-state index contributed by atoms with van der Waals surface area (Å²) in [5.41, 5.74) is 0. The molecule has 0 fully saturated rings. The average Bonchev–Trinajstić information content (AvgIpc) is 2.83. The van der Waals surface area contributed by atoms with E-state index < -0.39 is 5.97 Å². The molecule has 0 spiro atoms. The summed E-state index contributed by atoms with van der Waals surface area (Å²) in [4.78, 5) is 14.4. The third kappa shape index (κ3) is 2.48. The zero-order valence-electron chi connectivity index (χ0n) is 8.01. The summed E-state index contributed by atoms with van der Waals surface area (Å²) >= 11 is 3.15. The predicted octanol–water partition coefficient (Wildman–Crippen LogP) is 2.11. The number of hydrogen-bond acceptors (Lipinski definition) is 5. The molecule has 0 bridgehead atoms. The minimum atomic E-state index is -0.896. The number of halogens is 1. The Morgan fingerprint density at radius 3 is 2.94 bits per heavy atom. The molecule has 2 heterocycles. The van der Waals surface area contributed by atoms with Crippen LogP contribution in [0.15, 0.2) is 25.7 Å². The molecule has 0 saturated heterocycles. The Morgan fingerprint density at radius 2 is 2.31 bits per heavy atom. The molecule has 0 aliphatic rings. The maximum absolute atomic E-state index is 10.3. The first-order valence-electron chi connectivity index (χ1n) is 4.45. The first kappa shape index (κ1) is 10.9. The van der Waals surface area contributed by atoms with Crippen molar-refractivity contribution in [1.29, 1.82) is 0 Å². The van der Waals surface area contributed by atoms with Crippen LogP contribution in [0.3, 0.4) is 0 Å².